The molecule has 3 N–H and O–H groups in total. The van der Waals surface area contributed by atoms with Gasteiger partial charge in [-0.2, -0.15) is 9.78 Å². The van der Waals surface area contributed by atoms with Crippen molar-refractivity contribution in [2.24, 2.45) is 5.92 Å². The van der Waals surface area contributed by atoms with Gasteiger partial charge in [0.05, 0.1) is 11.4 Å². The van der Waals surface area contributed by atoms with E-state index in [1.807, 2.05) is 50.2 Å². The average Bonchev–Trinajstić information content (AvgIpc) is 3.55. The fourth-order valence-corrected chi connectivity index (χ4v) is 4.77. The van der Waals surface area contributed by atoms with Gasteiger partial charge < -0.3 is 15.7 Å². The van der Waals surface area contributed by atoms with E-state index in [9.17, 15) is 14.7 Å². The second-order valence-corrected chi connectivity index (χ2v) is 9.23. The van der Waals surface area contributed by atoms with Crippen molar-refractivity contribution in [1.29, 1.82) is 0 Å². The van der Waals surface area contributed by atoms with Gasteiger partial charge in [-0.3, -0.25) is 4.79 Å². The van der Waals surface area contributed by atoms with Crippen LogP contribution in [0.15, 0.2) is 54.6 Å². The van der Waals surface area contributed by atoms with Crippen LogP contribution in [0.5, 0.6) is 5.75 Å². The molecule has 0 radical (unpaired) electrons. The van der Waals surface area contributed by atoms with Crippen molar-refractivity contribution < 1.29 is 14.7 Å². The molecular formula is C28H34N4O3. The van der Waals surface area contributed by atoms with Crippen molar-refractivity contribution in [2.45, 2.75) is 64.8 Å². The van der Waals surface area contributed by atoms with Crippen molar-refractivity contribution in [3.05, 3.63) is 65.9 Å². The lowest BCUT2D eigenvalue weighted by Gasteiger charge is -2.13. The molecule has 1 fully saturated rings. The first-order valence-electron chi connectivity index (χ1n) is 12.6. The van der Waals surface area contributed by atoms with Crippen LogP contribution in [-0.4, -0.2) is 26.8 Å². The number of aromatic nitrogens is 2. The van der Waals surface area contributed by atoms with E-state index < -0.39 is 0 Å². The molecule has 1 aliphatic rings. The van der Waals surface area contributed by atoms with Gasteiger partial charge in [-0.25, -0.2) is 4.79 Å². The smallest absolute Gasteiger partial charge is 0.342 e. The van der Waals surface area contributed by atoms with E-state index in [0.717, 1.165) is 49.8 Å². The SMILES string of the molecule is CCC(CC)C(=O)Nc1ccc(O)c(-c2cc(C3CCCC3)n(C(=O)NCc3ccccc3)n2)c1. The fourth-order valence-electron chi connectivity index (χ4n) is 4.77. The third kappa shape index (κ3) is 5.73. The number of nitrogens with one attached hydrogen (secondary N) is 2. The molecule has 3 aromatic rings. The predicted molar refractivity (Wildman–Crippen MR) is 137 cm³/mol. The lowest BCUT2D eigenvalue weighted by Crippen LogP contribution is -2.30. The Morgan fingerprint density at radius 1 is 1.06 bits per heavy atom. The zero-order valence-electron chi connectivity index (χ0n) is 20.5. The van der Waals surface area contributed by atoms with E-state index in [-0.39, 0.29) is 29.5 Å². The quantitative estimate of drug-likeness (QED) is 0.347. The molecule has 0 saturated heterocycles. The first-order valence-corrected chi connectivity index (χ1v) is 12.6. The topological polar surface area (TPSA) is 96.2 Å². The van der Waals surface area contributed by atoms with Gasteiger partial charge in [0.2, 0.25) is 5.91 Å². The van der Waals surface area contributed by atoms with Gasteiger partial charge >= 0.3 is 6.03 Å². The molecule has 35 heavy (non-hydrogen) atoms. The minimum atomic E-state index is -0.292. The Hall–Kier alpha value is -3.61. The monoisotopic (exact) mass is 474 g/mol. The molecule has 7 nitrogen and oxygen atoms in total. The number of hydrogen-bond acceptors (Lipinski definition) is 4. The summed E-state index contributed by atoms with van der Waals surface area (Å²) in [5, 5.41) is 21.2. The maximum absolute atomic E-state index is 13.1. The number of amides is 2. The van der Waals surface area contributed by atoms with E-state index in [0.29, 0.717) is 23.5 Å². The number of anilines is 1. The Kier molecular flexibility index (Phi) is 7.85. The Morgan fingerprint density at radius 3 is 2.46 bits per heavy atom. The number of phenols is 1. The minimum Gasteiger partial charge on any atom is -0.507 e. The van der Waals surface area contributed by atoms with Crippen molar-refractivity contribution >= 4 is 17.6 Å². The summed E-state index contributed by atoms with van der Waals surface area (Å²) >= 11 is 0. The number of hydrogen-bond donors (Lipinski definition) is 3. The highest BCUT2D eigenvalue weighted by atomic mass is 16.3. The summed E-state index contributed by atoms with van der Waals surface area (Å²) in [6.07, 6.45) is 5.80. The number of aromatic hydroxyl groups is 1. The number of carbonyl (C=O) groups is 2. The number of benzene rings is 2. The maximum atomic E-state index is 13.1. The fraction of sp³-hybridized carbons (Fsp3) is 0.393. The number of rotatable bonds is 8. The summed E-state index contributed by atoms with van der Waals surface area (Å²) in [6, 6.07) is 16.3. The first kappa shape index (κ1) is 24.5. The van der Waals surface area contributed by atoms with Gasteiger partial charge in [0.1, 0.15) is 5.75 Å². The van der Waals surface area contributed by atoms with Crippen LogP contribution in [-0.2, 0) is 11.3 Å². The van der Waals surface area contributed by atoms with Crippen LogP contribution in [0.4, 0.5) is 10.5 Å². The Labute approximate surface area is 206 Å². The third-order valence-electron chi connectivity index (χ3n) is 6.89. The maximum Gasteiger partial charge on any atom is 0.342 e. The lowest BCUT2D eigenvalue weighted by atomic mass is 10.0. The Bertz CT molecular complexity index is 1160. The van der Waals surface area contributed by atoms with Crippen molar-refractivity contribution in [1.82, 2.24) is 15.1 Å². The summed E-state index contributed by atoms with van der Waals surface area (Å²) in [4.78, 5) is 25.7. The summed E-state index contributed by atoms with van der Waals surface area (Å²) < 4.78 is 1.45. The van der Waals surface area contributed by atoms with Crippen LogP contribution in [0.3, 0.4) is 0 Å². The van der Waals surface area contributed by atoms with E-state index in [2.05, 4.69) is 15.7 Å². The summed E-state index contributed by atoms with van der Waals surface area (Å²) in [5.74, 6) is 0.203. The van der Waals surface area contributed by atoms with Crippen molar-refractivity contribution in [3.8, 4) is 17.0 Å². The van der Waals surface area contributed by atoms with Gasteiger partial charge in [-0.05, 0) is 55.5 Å². The van der Waals surface area contributed by atoms with Gasteiger partial charge in [0.15, 0.2) is 0 Å². The predicted octanol–water partition coefficient (Wildman–Crippen LogP) is 6.05. The van der Waals surface area contributed by atoms with E-state index in [1.54, 1.807) is 18.2 Å². The van der Waals surface area contributed by atoms with Gasteiger partial charge in [0.25, 0.3) is 0 Å². The summed E-state index contributed by atoms with van der Waals surface area (Å²) in [7, 11) is 0. The highest BCUT2D eigenvalue weighted by molar-refractivity contribution is 5.93. The van der Waals surface area contributed by atoms with Crippen LogP contribution in [0.25, 0.3) is 11.3 Å². The van der Waals surface area contributed by atoms with Crippen LogP contribution < -0.4 is 10.6 Å². The summed E-state index contributed by atoms with van der Waals surface area (Å²) in [6.45, 7) is 4.40. The molecule has 1 aliphatic carbocycles. The van der Waals surface area contributed by atoms with Crippen LogP contribution in [0.2, 0.25) is 0 Å². The molecule has 4 rings (SSSR count). The Morgan fingerprint density at radius 2 is 1.77 bits per heavy atom. The lowest BCUT2D eigenvalue weighted by molar-refractivity contribution is -0.120. The summed E-state index contributed by atoms with van der Waals surface area (Å²) in [5.41, 5.74) is 3.46. The molecule has 2 amide bonds. The molecule has 1 heterocycles. The molecule has 1 aromatic heterocycles. The third-order valence-corrected chi connectivity index (χ3v) is 6.89. The molecule has 184 valence electrons. The van der Waals surface area contributed by atoms with Gasteiger partial charge in [-0.15, -0.1) is 0 Å². The van der Waals surface area contributed by atoms with Crippen LogP contribution in [0.1, 0.15) is 69.5 Å². The largest absolute Gasteiger partial charge is 0.507 e. The van der Waals surface area contributed by atoms with E-state index in [1.165, 1.54) is 4.68 Å². The number of nitrogens with zero attached hydrogens (tertiary/aromatic N) is 2. The molecule has 0 unspecified atom stereocenters. The standard InChI is InChI=1S/C28H34N4O3/c1-3-20(4-2)27(34)30-22-14-15-26(33)23(16-22)24-17-25(21-12-8-9-13-21)32(31-24)28(35)29-18-19-10-6-5-7-11-19/h5-7,10-11,14-17,20-21,33H,3-4,8-9,12-13,18H2,1-2H3,(H,29,35)(H,30,34). The molecule has 0 atom stereocenters. The van der Waals surface area contributed by atoms with Crippen LogP contribution >= 0.6 is 0 Å². The van der Waals surface area contributed by atoms with E-state index >= 15 is 0 Å². The zero-order chi connectivity index (χ0) is 24.8. The molecular weight excluding hydrogens is 440 g/mol. The van der Waals surface area contributed by atoms with Crippen molar-refractivity contribution in [2.75, 3.05) is 5.32 Å². The number of carbonyl (C=O) groups excluding carboxylic acids is 2. The highest BCUT2D eigenvalue weighted by Gasteiger charge is 2.26. The van der Waals surface area contributed by atoms with Crippen LogP contribution in [0, 0.1) is 5.92 Å². The number of phenolic OH excluding ortho intramolecular Hbond substituents is 1. The molecule has 1 saturated carbocycles. The van der Waals surface area contributed by atoms with Gasteiger partial charge in [-0.1, -0.05) is 57.0 Å². The molecule has 0 bridgehead atoms. The van der Waals surface area contributed by atoms with E-state index in [4.69, 9.17) is 0 Å². The molecule has 0 aliphatic heterocycles. The average molecular weight is 475 g/mol. The second-order valence-electron chi connectivity index (χ2n) is 9.23. The Balaban J connectivity index is 1.62. The minimum absolute atomic E-state index is 0.0379. The molecule has 0 spiro atoms. The van der Waals surface area contributed by atoms with Crippen molar-refractivity contribution in [3.63, 3.8) is 0 Å². The normalized spacial score (nSPS) is 13.8. The van der Waals surface area contributed by atoms with Gasteiger partial charge in [0, 0.05) is 29.6 Å². The zero-order valence-corrected chi connectivity index (χ0v) is 20.5. The first-order chi connectivity index (χ1) is 17.0. The molecule has 2 aromatic carbocycles. The molecule has 7 heteroatoms. The highest BCUT2D eigenvalue weighted by Crippen LogP contribution is 2.38. The second kappa shape index (κ2) is 11.2.